The van der Waals surface area contributed by atoms with Crippen molar-refractivity contribution in [3.8, 4) is 0 Å². The van der Waals surface area contributed by atoms with Gasteiger partial charge in [-0.25, -0.2) is 0 Å². The van der Waals surface area contributed by atoms with Gasteiger partial charge in [-0.2, -0.15) is 0 Å². The highest BCUT2D eigenvalue weighted by Gasteiger charge is 2.10. The second kappa shape index (κ2) is 7.48. The Morgan fingerprint density at radius 1 is 1.11 bits per heavy atom. The summed E-state index contributed by atoms with van der Waals surface area (Å²) in [6.07, 6.45) is 2.54. The largest absolute Gasteiger partial charge is 0.481 e. The fraction of sp³-hybridized carbons (Fsp3) is 0.429. The number of carboxylic acid groups (broad SMARTS) is 1. The molecular formula is C14H19NO3. The molecule has 1 aromatic rings. The number of hydrogen-bond acceptors (Lipinski definition) is 2. The van der Waals surface area contributed by atoms with Crippen LogP contribution in [0.2, 0.25) is 0 Å². The summed E-state index contributed by atoms with van der Waals surface area (Å²) in [5, 5.41) is 8.49. The summed E-state index contributed by atoms with van der Waals surface area (Å²) in [6, 6.07) is 9.15. The first-order chi connectivity index (χ1) is 8.61. The van der Waals surface area contributed by atoms with Gasteiger partial charge in [0.1, 0.15) is 0 Å². The van der Waals surface area contributed by atoms with Crippen LogP contribution in [0.3, 0.4) is 0 Å². The van der Waals surface area contributed by atoms with Crippen LogP contribution in [0, 0.1) is 0 Å². The first kappa shape index (κ1) is 14.2. The van der Waals surface area contributed by atoms with E-state index >= 15 is 0 Å². The molecule has 0 saturated carbocycles. The number of rotatable bonds is 7. The molecule has 0 aromatic heterocycles. The molecule has 0 aliphatic heterocycles. The predicted octanol–water partition coefficient (Wildman–Crippen LogP) is 2.40. The number of aliphatic carboxylic acids is 1. The molecule has 0 bridgehead atoms. The van der Waals surface area contributed by atoms with E-state index in [1.807, 2.05) is 18.2 Å². The summed E-state index contributed by atoms with van der Waals surface area (Å²) in [6.45, 7) is 0.660. The van der Waals surface area contributed by atoms with Gasteiger partial charge in [0.25, 0.3) is 5.91 Å². The highest BCUT2D eigenvalue weighted by atomic mass is 16.4. The molecule has 1 aromatic carbocycles. The van der Waals surface area contributed by atoms with Crippen LogP contribution < -0.4 is 0 Å². The van der Waals surface area contributed by atoms with Crippen LogP contribution in [0.25, 0.3) is 0 Å². The second-order valence-corrected chi connectivity index (χ2v) is 4.30. The average molecular weight is 249 g/mol. The van der Waals surface area contributed by atoms with Crippen LogP contribution in [0.1, 0.15) is 36.0 Å². The maximum Gasteiger partial charge on any atom is 0.303 e. The van der Waals surface area contributed by atoms with Gasteiger partial charge in [-0.05, 0) is 25.0 Å². The normalized spacial score (nSPS) is 10.1. The van der Waals surface area contributed by atoms with E-state index in [1.165, 1.54) is 0 Å². The average Bonchev–Trinajstić information content (AvgIpc) is 2.38. The third kappa shape index (κ3) is 4.99. The Morgan fingerprint density at radius 3 is 2.39 bits per heavy atom. The van der Waals surface area contributed by atoms with Gasteiger partial charge in [0.15, 0.2) is 0 Å². The van der Waals surface area contributed by atoms with Gasteiger partial charge in [0, 0.05) is 25.6 Å². The highest BCUT2D eigenvalue weighted by molar-refractivity contribution is 5.93. The molecule has 0 aliphatic rings. The third-order valence-corrected chi connectivity index (χ3v) is 2.75. The minimum Gasteiger partial charge on any atom is -0.481 e. The van der Waals surface area contributed by atoms with Crippen molar-refractivity contribution >= 4 is 11.9 Å². The zero-order valence-electron chi connectivity index (χ0n) is 10.6. The van der Waals surface area contributed by atoms with E-state index in [9.17, 15) is 9.59 Å². The molecule has 0 saturated heterocycles. The third-order valence-electron chi connectivity index (χ3n) is 2.75. The van der Waals surface area contributed by atoms with Crippen molar-refractivity contribution in [1.82, 2.24) is 4.90 Å². The fourth-order valence-corrected chi connectivity index (χ4v) is 1.70. The Morgan fingerprint density at radius 2 is 1.78 bits per heavy atom. The molecular weight excluding hydrogens is 230 g/mol. The van der Waals surface area contributed by atoms with E-state index in [2.05, 4.69) is 0 Å². The van der Waals surface area contributed by atoms with Crippen LogP contribution in [0.15, 0.2) is 30.3 Å². The van der Waals surface area contributed by atoms with Gasteiger partial charge in [0.2, 0.25) is 0 Å². The van der Waals surface area contributed by atoms with E-state index in [-0.39, 0.29) is 12.3 Å². The first-order valence-corrected chi connectivity index (χ1v) is 6.13. The molecule has 0 fully saturated rings. The molecule has 4 heteroatoms. The predicted molar refractivity (Wildman–Crippen MR) is 69.5 cm³/mol. The summed E-state index contributed by atoms with van der Waals surface area (Å²) in [7, 11) is 1.77. The quantitative estimate of drug-likeness (QED) is 0.755. The van der Waals surface area contributed by atoms with Crippen LogP contribution in [0.5, 0.6) is 0 Å². The van der Waals surface area contributed by atoms with Crippen molar-refractivity contribution in [2.45, 2.75) is 25.7 Å². The van der Waals surface area contributed by atoms with Crippen molar-refractivity contribution in [1.29, 1.82) is 0 Å². The van der Waals surface area contributed by atoms with Gasteiger partial charge >= 0.3 is 5.97 Å². The molecule has 98 valence electrons. The Kier molecular flexibility index (Phi) is 5.91. The standard InChI is InChI=1S/C14H19NO3/c1-15(11-7-3-6-10-13(16)17)14(18)12-8-4-2-5-9-12/h2,4-5,8-9H,3,6-7,10-11H2,1H3,(H,16,17). The molecule has 0 radical (unpaired) electrons. The summed E-state index contributed by atoms with van der Waals surface area (Å²) >= 11 is 0. The Bertz CT molecular complexity index is 389. The summed E-state index contributed by atoms with van der Waals surface area (Å²) in [5.74, 6) is -0.752. The second-order valence-electron chi connectivity index (χ2n) is 4.30. The molecule has 0 atom stereocenters. The minimum atomic E-state index is -0.760. The molecule has 0 aliphatic carbocycles. The van der Waals surface area contributed by atoms with E-state index < -0.39 is 5.97 Å². The van der Waals surface area contributed by atoms with Crippen LogP contribution >= 0.6 is 0 Å². The Hall–Kier alpha value is -1.84. The minimum absolute atomic E-state index is 0.00818. The number of nitrogens with zero attached hydrogens (tertiary/aromatic N) is 1. The molecule has 1 amide bonds. The zero-order chi connectivity index (χ0) is 13.4. The topological polar surface area (TPSA) is 57.6 Å². The summed E-state index contributed by atoms with van der Waals surface area (Å²) in [4.78, 5) is 24.0. The molecule has 0 unspecified atom stereocenters. The van der Waals surface area contributed by atoms with Crippen molar-refractivity contribution in [3.63, 3.8) is 0 Å². The monoisotopic (exact) mass is 249 g/mol. The summed E-state index contributed by atoms with van der Waals surface area (Å²) in [5.41, 5.74) is 0.686. The number of carbonyl (C=O) groups is 2. The number of carboxylic acids is 1. The lowest BCUT2D eigenvalue weighted by Gasteiger charge is -2.16. The van der Waals surface area contributed by atoms with E-state index in [1.54, 1.807) is 24.1 Å². The molecule has 1 N–H and O–H groups in total. The Labute approximate surface area is 107 Å². The van der Waals surface area contributed by atoms with Gasteiger partial charge in [-0.1, -0.05) is 24.6 Å². The van der Waals surface area contributed by atoms with Crippen molar-refractivity contribution < 1.29 is 14.7 Å². The lowest BCUT2D eigenvalue weighted by Crippen LogP contribution is -2.27. The van der Waals surface area contributed by atoms with Crippen LogP contribution in [-0.2, 0) is 4.79 Å². The fourth-order valence-electron chi connectivity index (χ4n) is 1.70. The van der Waals surface area contributed by atoms with Crippen molar-refractivity contribution in [2.75, 3.05) is 13.6 Å². The van der Waals surface area contributed by atoms with Gasteiger partial charge in [-0.15, -0.1) is 0 Å². The molecule has 0 heterocycles. The summed E-state index contributed by atoms with van der Waals surface area (Å²) < 4.78 is 0. The maximum atomic E-state index is 11.9. The van der Waals surface area contributed by atoms with Gasteiger partial charge in [-0.3, -0.25) is 9.59 Å². The number of carbonyl (C=O) groups excluding carboxylic acids is 1. The smallest absolute Gasteiger partial charge is 0.303 e. The lowest BCUT2D eigenvalue weighted by molar-refractivity contribution is -0.137. The van der Waals surface area contributed by atoms with E-state index in [0.29, 0.717) is 18.5 Å². The first-order valence-electron chi connectivity index (χ1n) is 6.13. The lowest BCUT2D eigenvalue weighted by atomic mass is 10.1. The number of amides is 1. The molecule has 0 spiro atoms. The molecule has 18 heavy (non-hydrogen) atoms. The van der Waals surface area contributed by atoms with E-state index in [0.717, 1.165) is 12.8 Å². The van der Waals surface area contributed by atoms with Gasteiger partial charge < -0.3 is 10.0 Å². The maximum absolute atomic E-state index is 11.9. The van der Waals surface area contributed by atoms with Crippen LogP contribution in [-0.4, -0.2) is 35.5 Å². The number of hydrogen-bond donors (Lipinski definition) is 1. The molecule has 4 nitrogen and oxygen atoms in total. The number of unbranched alkanes of at least 4 members (excludes halogenated alkanes) is 2. The highest BCUT2D eigenvalue weighted by Crippen LogP contribution is 2.06. The van der Waals surface area contributed by atoms with Crippen molar-refractivity contribution in [2.24, 2.45) is 0 Å². The van der Waals surface area contributed by atoms with Crippen LogP contribution in [0.4, 0.5) is 0 Å². The van der Waals surface area contributed by atoms with E-state index in [4.69, 9.17) is 5.11 Å². The molecule has 1 rings (SSSR count). The van der Waals surface area contributed by atoms with Gasteiger partial charge in [0.05, 0.1) is 0 Å². The van der Waals surface area contributed by atoms with Crippen molar-refractivity contribution in [3.05, 3.63) is 35.9 Å². The zero-order valence-corrected chi connectivity index (χ0v) is 10.6. The SMILES string of the molecule is CN(CCCCCC(=O)O)C(=O)c1ccccc1. The number of benzene rings is 1. The Balaban J connectivity index is 2.26.